The van der Waals surface area contributed by atoms with Gasteiger partial charge in [-0.25, -0.2) is 0 Å². The van der Waals surface area contributed by atoms with Crippen molar-refractivity contribution in [2.75, 3.05) is 13.2 Å². The number of hydrogen-bond acceptors (Lipinski definition) is 2. The summed E-state index contributed by atoms with van der Waals surface area (Å²) in [4.78, 5) is 0. The van der Waals surface area contributed by atoms with Gasteiger partial charge in [-0.1, -0.05) is 13.8 Å². The first-order valence-electron chi connectivity index (χ1n) is 6.26. The summed E-state index contributed by atoms with van der Waals surface area (Å²) in [7, 11) is 0. The van der Waals surface area contributed by atoms with Crippen molar-refractivity contribution in [2.24, 2.45) is 11.3 Å². The molecule has 0 aromatic heterocycles. The van der Waals surface area contributed by atoms with E-state index in [0.717, 1.165) is 18.9 Å². The van der Waals surface area contributed by atoms with Crippen molar-refractivity contribution in [3.8, 4) is 0 Å². The highest BCUT2D eigenvalue weighted by atomic mass is 16.5. The highest BCUT2D eigenvalue weighted by Crippen LogP contribution is 2.51. The fourth-order valence-corrected chi connectivity index (χ4v) is 2.64. The van der Waals surface area contributed by atoms with Crippen LogP contribution in [-0.2, 0) is 4.74 Å². The molecule has 0 aromatic carbocycles. The van der Waals surface area contributed by atoms with Crippen molar-refractivity contribution in [3.05, 3.63) is 0 Å². The Balaban J connectivity index is 1.71. The Morgan fingerprint density at radius 3 is 2.40 bits per heavy atom. The van der Waals surface area contributed by atoms with E-state index in [0.29, 0.717) is 11.5 Å². The molecule has 2 fully saturated rings. The molecule has 1 heterocycles. The number of hydrogen-bond donors (Lipinski definition) is 1. The van der Waals surface area contributed by atoms with Crippen LogP contribution in [0.3, 0.4) is 0 Å². The Morgan fingerprint density at radius 1 is 1.20 bits per heavy atom. The second-order valence-corrected chi connectivity index (χ2v) is 6.60. The first-order chi connectivity index (χ1) is 6.89. The minimum absolute atomic E-state index is 0.0784. The Bertz CT molecular complexity index is 235. The summed E-state index contributed by atoms with van der Waals surface area (Å²) >= 11 is 0. The molecule has 0 amide bonds. The van der Waals surface area contributed by atoms with E-state index in [9.17, 15) is 0 Å². The summed E-state index contributed by atoms with van der Waals surface area (Å²) in [6, 6.07) is 0.671. The van der Waals surface area contributed by atoms with Gasteiger partial charge in [-0.3, -0.25) is 0 Å². The van der Waals surface area contributed by atoms with Crippen LogP contribution < -0.4 is 5.32 Å². The van der Waals surface area contributed by atoms with Crippen LogP contribution in [0, 0.1) is 11.3 Å². The van der Waals surface area contributed by atoms with Gasteiger partial charge in [0, 0.05) is 12.6 Å². The number of nitrogens with one attached hydrogen (secondary N) is 1. The summed E-state index contributed by atoms with van der Waals surface area (Å²) in [5, 5.41) is 3.71. The first-order valence-corrected chi connectivity index (χ1v) is 6.26. The molecule has 2 rings (SSSR count). The number of ether oxygens (including phenoxy) is 1. The molecule has 2 nitrogen and oxygen atoms in total. The van der Waals surface area contributed by atoms with Gasteiger partial charge in [-0.2, -0.15) is 0 Å². The second kappa shape index (κ2) is 3.74. The molecule has 2 aliphatic rings. The van der Waals surface area contributed by atoms with E-state index in [2.05, 4.69) is 33.0 Å². The maximum atomic E-state index is 5.72. The van der Waals surface area contributed by atoms with E-state index in [1.807, 2.05) is 0 Å². The van der Waals surface area contributed by atoms with E-state index in [1.54, 1.807) is 0 Å². The zero-order chi connectivity index (χ0) is 11.1. The molecule has 2 unspecified atom stereocenters. The lowest BCUT2D eigenvalue weighted by Gasteiger charge is -2.36. The standard InChI is InChI=1S/C13H25NO/c1-12(2)7-10(12)9-14-11-5-6-15-13(3,4)8-11/h10-11,14H,5-9H2,1-4H3. The van der Waals surface area contributed by atoms with Crippen molar-refractivity contribution in [2.45, 2.75) is 58.6 Å². The van der Waals surface area contributed by atoms with E-state index in [1.165, 1.54) is 19.4 Å². The summed E-state index contributed by atoms with van der Waals surface area (Å²) in [6.45, 7) is 11.2. The smallest absolute Gasteiger partial charge is 0.0641 e. The van der Waals surface area contributed by atoms with Crippen LogP contribution in [0.25, 0.3) is 0 Å². The summed E-state index contributed by atoms with van der Waals surface area (Å²) in [5.41, 5.74) is 0.683. The van der Waals surface area contributed by atoms with Crippen LogP contribution in [0.1, 0.15) is 47.0 Å². The second-order valence-electron chi connectivity index (χ2n) is 6.60. The molecule has 1 saturated carbocycles. The predicted molar refractivity (Wildman–Crippen MR) is 62.9 cm³/mol. The molecule has 2 atom stereocenters. The molecule has 1 N–H and O–H groups in total. The lowest BCUT2D eigenvalue weighted by Crippen LogP contribution is -2.44. The van der Waals surface area contributed by atoms with Crippen LogP contribution in [0.15, 0.2) is 0 Å². The predicted octanol–water partition coefficient (Wildman–Crippen LogP) is 2.58. The van der Waals surface area contributed by atoms with E-state index in [4.69, 9.17) is 4.74 Å². The van der Waals surface area contributed by atoms with Gasteiger partial charge in [0.2, 0.25) is 0 Å². The topological polar surface area (TPSA) is 21.3 Å². The summed E-state index contributed by atoms with van der Waals surface area (Å²) in [5.74, 6) is 0.906. The minimum atomic E-state index is 0.0784. The fourth-order valence-electron chi connectivity index (χ4n) is 2.64. The van der Waals surface area contributed by atoms with Crippen LogP contribution >= 0.6 is 0 Å². The van der Waals surface area contributed by atoms with Gasteiger partial charge in [0.05, 0.1) is 5.60 Å². The van der Waals surface area contributed by atoms with Crippen molar-refractivity contribution >= 4 is 0 Å². The third kappa shape index (κ3) is 2.94. The quantitative estimate of drug-likeness (QED) is 0.774. The SMILES string of the molecule is CC1(C)CC(NCC2CC2(C)C)CCO1. The largest absolute Gasteiger partial charge is 0.375 e. The van der Waals surface area contributed by atoms with Gasteiger partial charge in [0.25, 0.3) is 0 Å². The van der Waals surface area contributed by atoms with E-state index >= 15 is 0 Å². The Kier molecular flexibility index (Phi) is 2.85. The lowest BCUT2D eigenvalue weighted by molar-refractivity contribution is -0.0629. The van der Waals surface area contributed by atoms with Crippen LogP contribution in [0.5, 0.6) is 0 Å². The Hall–Kier alpha value is -0.0800. The van der Waals surface area contributed by atoms with Crippen LogP contribution in [0.2, 0.25) is 0 Å². The van der Waals surface area contributed by atoms with Gasteiger partial charge < -0.3 is 10.1 Å². The molecule has 1 saturated heterocycles. The molecule has 0 aromatic rings. The fraction of sp³-hybridized carbons (Fsp3) is 1.00. The van der Waals surface area contributed by atoms with Crippen molar-refractivity contribution < 1.29 is 4.74 Å². The van der Waals surface area contributed by atoms with Crippen molar-refractivity contribution in [1.29, 1.82) is 0 Å². The zero-order valence-corrected chi connectivity index (χ0v) is 10.6. The monoisotopic (exact) mass is 211 g/mol. The van der Waals surface area contributed by atoms with Crippen molar-refractivity contribution in [1.82, 2.24) is 5.32 Å². The molecule has 0 radical (unpaired) electrons. The highest BCUT2D eigenvalue weighted by Gasteiger charge is 2.45. The average Bonchev–Trinajstić information content (AvgIpc) is 2.69. The third-order valence-corrected chi connectivity index (χ3v) is 4.07. The molecule has 2 heteroatoms. The maximum Gasteiger partial charge on any atom is 0.0641 e. The van der Waals surface area contributed by atoms with Gasteiger partial charge in [-0.05, 0) is 51.0 Å². The summed E-state index contributed by atoms with van der Waals surface area (Å²) < 4.78 is 5.72. The third-order valence-electron chi connectivity index (χ3n) is 4.07. The van der Waals surface area contributed by atoms with E-state index < -0.39 is 0 Å². The molecule has 0 spiro atoms. The lowest BCUT2D eigenvalue weighted by atomic mass is 9.94. The highest BCUT2D eigenvalue weighted by molar-refractivity contribution is 4.97. The molecule has 1 aliphatic heterocycles. The molecule has 1 aliphatic carbocycles. The maximum absolute atomic E-state index is 5.72. The Labute approximate surface area is 93.8 Å². The molecular weight excluding hydrogens is 186 g/mol. The van der Waals surface area contributed by atoms with Gasteiger partial charge in [0.1, 0.15) is 0 Å². The Morgan fingerprint density at radius 2 is 1.87 bits per heavy atom. The molecule has 15 heavy (non-hydrogen) atoms. The van der Waals surface area contributed by atoms with E-state index in [-0.39, 0.29) is 5.60 Å². The van der Waals surface area contributed by atoms with Gasteiger partial charge >= 0.3 is 0 Å². The molecule has 88 valence electrons. The van der Waals surface area contributed by atoms with Gasteiger partial charge in [-0.15, -0.1) is 0 Å². The normalized spacial score (nSPS) is 37.6. The average molecular weight is 211 g/mol. The summed E-state index contributed by atoms with van der Waals surface area (Å²) in [6.07, 6.45) is 3.73. The van der Waals surface area contributed by atoms with Crippen LogP contribution in [-0.4, -0.2) is 24.8 Å². The first kappa shape index (κ1) is 11.4. The minimum Gasteiger partial charge on any atom is -0.375 e. The zero-order valence-electron chi connectivity index (χ0n) is 10.6. The van der Waals surface area contributed by atoms with Crippen LogP contribution in [0.4, 0.5) is 0 Å². The number of rotatable bonds is 3. The molecular formula is C13H25NO. The molecule has 0 bridgehead atoms. The van der Waals surface area contributed by atoms with Crippen molar-refractivity contribution in [3.63, 3.8) is 0 Å². The van der Waals surface area contributed by atoms with Gasteiger partial charge in [0.15, 0.2) is 0 Å².